The van der Waals surface area contributed by atoms with E-state index in [9.17, 15) is 14.7 Å². The molecule has 3 rings (SSSR count). The number of benzene rings is 1. The first-order valence-electron chi connectivity index (χ1n) is 10.5. The first-order chi connectivity index (χ1) is 14.5. The number of aryl methyl sites for hydroxylation is 1. The van der Waals surface area contributed by atoms with Crippen molar-refractivity contribution in [3.8, 4) is 5.75 Å². The van der Waals surface area contributed by atoms with Crippen molar-refractivity contribution in [2.45, 2.75) is 38.6 Å². The molecule has 1 aromatic carbocycles. The molecule has 1 aromatic heterocycles. The van der Waals surface area contributed by atoms with Crippen LogP contribution >= 0.6 is 0 Å². The Morgan fingerprint density at radius 1 is 1.30 bits per heavy atom. The molecule has 164 valence electrons. The molecule has 1 fully saturated rings. The Labute approximate surface area is 176 Å². The van der Waals surface area contributed by atoms with E-state index in [1.54, 1.807) is 25.6 Å². The van der Waals surface area contributed by atoms with Crippen LogP contribution in [0.2, 0.25) is 0 Å². The van der Waals surface area contributed by atoms with Crippen molar-refractivity contribution in [2.24, 2.45) is 7.05 Å². The van der Waals surface area contributed by atoms with Crippen LogP contribution in [0.5, 0.6) is 5.75 Å². The smallest absolute Gasteiger partial charge is 0.357 e. The van der Waals surface area contributed by atoms with Gasteiger partial charge in [-0.1, -0.05) is 6.42 Å². The third-order valence-electron chi connectivity index (χ3n) is 5.70. The van der Waals surface area contributed by atoms with Crippen molar-refractivity contribution in [3.63, 3.8) is 0 Å². The van der Waals surface area contributed by atoms with Gasteiger partial charge in [0.2, 0.25) is 5.91 Å². The normalized spacial score (nSPS) is 17.1. The lowest BCUT2D eigenvalue weighted by Crippen LogP contribution is -2.44. The summed E-state index contributed by atoms with van der Waals surface area (Å²) < 4.78 is 12.3. The molecule has 1 saturated heterocycles. The first-order valence-corrected chi connectivity index (χ1v) is 10.5. The van der Waals surface area contributed by atoms with Crippen LogP contribution in [0.15, 0.2) is 18.2 Å². The number of carbonyl (C=O) groups is 2. The zero-order valence-electron chi connectivity index (χ0n) is 17.9. The Morgan fingerprint density at radius 3 is 2.80 bits per heavy atom. The molecular weight excluding hydrogens is 386 g/mol. The summed E-state index contributed by atoms with van der Waals surface area (Å²) in [5.74, 6) is -0.0413. The molecule has 0 unspecified atom stereocenters. The average Bonchev–Trinajstić information content (AvgIpc) is 3.00. The van der Waals surface area contributed by atoms with E-state index in [-0.39, 0.29) is 31.7 Å². The highest BCUT2D eigenvalue weighted by Gasteiger charge is 2.27. The van der Waals surface area contributed by atoms with E-state index < -0.39 is 5.97 Å². The maximum Gasteiger partial charge on any atom is 0.357 e. The molecule has 0 bridgehead atoms. The van der Waals surface area contributed by atoms with Gasteiger partial charge in [0.1, 0.15) is 5.75 Å². The first kappa shape index (κ1) is 22.1. The number of methoxy groups -OCH3 is 1. The molecular formula is C22H31N3O5. The van der Waals surface area contributed by atoms with E-state index in [1.165, 1.54) is 0 Å². The van der Waals surface area contributed by atoms with Crippen molar-refractivity contribution in [3.05, 3.63) is 23.9 Å². The summed E-state index contributed by atoms with van der Waals surface area (Å²) in [7, 11) is 3.35. The van der Waals surface area contributed by atoms with Crippen LogP contribution < -0.4 is 10.1 Å². The monoisotopic (exact) mass is 417 g/mol. The van der Waals surface area contributed by atoms with Gasteiger partial charge in [-0.05, 0) is 50.9 Å². The Balaban J connectivity index is 1.92. The minimum atomic E-state index is -0.485. The van der Waals surface area contributed by atoms with E-state index in [4.69, 9.17) is 9.47 Å². The summed E-state index contributed by atoms with van der Waals surface area (Å²) in [6.07, 6.45) is 3.79. The number of carbonyl (C=O) groups excluding carboxylic acids is 2. The number of aliphatic hydroxyl groups is 1. The van der Waals surface area contributed by atoms with Crippen LogP contribution in [0, 0.1) is 0 Å². The number of aromatic nitrogens is 1. The maximum atomic E-state index is 13.0. The number of piperidine rings is 1. The summed E-state index contributed by atoms with van der Waals surface area (Å²) in [5, 5.41) is 13.0. The van der Waals surface area contributed by atoms with Gasteiger partial charge in [0.25, 0.3) is 0 Å². The predicted molar refractivity (Wildman–Crippen MR) is 115 cm³/mol. The van der Waals surface area contributed by atoms with Crippen LogP contribution in [0.25, 0.3) is 10.9 Å². The molecule has 1 aliphatic heterocycles. The molecule has 0 saturated carbocycles. The van der Waals surface area contributed by atoms with Gasteiger partial charge in [0, 0.05) is 25.1 Å². The van der Waals surface area contributed by atoms with Gasteiger partial charge >= 0.3 is 5.97 Å². The zero-order chi connectivity index (χ0) is 21.7. The SMILES string of the molecule is CCOC(=O)c1c(NC(=O)CN2CCCC[C@@H]2CCO)c2cc(OC)ccc2n1C. The van der Waals surface area contributed by atoms with Crippen LogP contribution in [0.4, 0.5) is 5.69 Å². The Morgan fingerprint density at radius 2 is 2.10 bits per heavy atom. The molecule has 2 heterocycles. The van der Waals surface area contributed by atoms with E-state index in [0.29, 0.717) is 23.6 Å². The van der Waals surface area contributed by atoms with Gasteiger partial charge in [-0.3, -0.25) is 9.69 Å². The van der Waals surface area contributed by atoms with Gasteiger partial charge in [-0.25, -0.2) is 4.79 Å². The number of hydrogen-bond acceptors (Lipinski definition) is 6. The second-order valence-electron chi connectivity index (χ2n) is 7.57. The van der Waals surface area contributed by atoms with E-state index in [2.05, 4.69) is 10.2 Å². The molecule has 1 amide bonds. The van der Waals surface area contributed by atoms with Gasteiger partial charge in [0.15, 0.2) is 5.69 Å². The second kappa shape index (κ2) is 9.95. The van der Waals surface area contributed by atoms with Crippen LogP contribution in [-0.2, 0) is 16.6 Å². The number of hydrogen-bond donors (Lipinski definition) is 2. The Bertz CT molecular complexity index is 906. The molecule has 0 radical (unpaired) electrons. The molecule has 30 heavy (non-hydrogen) atoms. The Hall–Kier alpha value is -2.58. The van der Waals surface area contributed by atoms with Gasteiger partial charge in [0.05, 0.1) is 31.5 Å². The maximum absolute atomic E-state index is 13.0. The lowest BCUT2D eigenvalue weighted by atomic mass is 9.99. The fourth-order valence-electron chi connectivity index (χ4n) is 4.22. The summed E-state index contributed by atoms with van der Waals surface area (Å²) >= 11 is 0. The predicted octanol–water partition coefficient (Wildman–Crippen LogP) is 2.54. The van der Waals surface area contributed by atoms with Crippen molar-refractivity contribution < 1.29 is 24.2 Å². The number of likely N-dealkylation sites (tertiary alicyclic amines) is 1. The summed E-state index contributed by atoms with van der Waals surface area (Å²) in [5.41, 5.74) is 1.54. The molecule has 0 aliphatic carbocycles. The standard InChI is InChI=1S/C22H31N3O5/c1-4-30-22(28)21-20(17-13-16(29-3)8-9-18(17)24(21)2)23-19(27)14-25-11-6-5-7-15(25)10-12-26/h8-9,13,15,26H,4-7,10-12,14H2,1-3H3,(H,23,27)/t15-/m1/s1. The van der Waals surface area contributed by atoms with E-state index in [1.807, 2.05) is 18.2 Å². The minimum absolute atomic E-state index is 0.110. The third kappa shape index (κ3) is 4.60. The van der Waals surface area contributed by atoms with Crippen molar-refractivity contribution >= 4 is 28.5 Å². The highest BCUT2D eigenvalue weighted by Crippen LogP contribution is 2.34. The van der Waals surface area contributed by atoms with Crippen LogP contribution in [-0.4, -0.2) is 65.9 Å². The number of nitrogens with one attached hydrogen (secondary N) is 1. The molecule has 0 spiro atoms. The zero-order valence-corrected chi connectivity index (χ0v) is 17.9. The van der Waals surface area contributed by atoms with Crippen LogP contribution in [0.1, 0.15) is 43.1 Å². The highest BCUT2D eigenvalue weighted by molar-refractivity contribution is 6.12. The van der Waals surface area contributed by atoms with Gasteiger partial charge in [-0.2, -0.15) is 0 Å². The fourth-order valence-corrected chi connectivity index (χ4v) is 4.22. The fraction of sp³-hybridized carbons (Fsp3) is 0.545. The summed E-state index contributed by atoms with van der Waals surface area (Å²) in [6.45, 7) is 3.14. The van der Waals surface area contributed by atoms with Gasteiger partial charge in [-0.15, -0.1) is 0 Å². The quantitative estimate of drug-likeness (QED) is 0.641. The minimum Gasteiger partial charge on any atom is -0.497 e. The summed E-state index contributed by atoms with van der Waals surface area (Å²) in [6, 6.07) is 5.68. The lowest BCUT2D eigenvalue weighted by Gasteiger charge is -2.34. The summed E-state index contributed by atoms with van der Waals surface area (Å²) in [4.78, 5) is 27.7. The lowest BCUT2D eigenvalue weighted by molar-refractivity contribution is -0.118. The van der Waals surface area contributed by atoms with Crippen molar-refractivity contribution in [2.75, 3.05) is 38.7 Å². The number of amides is 1. The highest BCUT2D eigenvalue weighted by atomic mass is 16.5. The molecule has 8 nitrogen and oxygen atoms in total. The van der Waals surface area contributed by atoms with Crippen molar-refractivity contribution in [1.82, 2.24) is 9.47 Å². The number of ether oxygens (including phenoxy) is 2. The molecule has 2 aromatic rings. The van der Waals surface area contributed by atoms with Crippen LogP contribution in [0.3, 0.4) is 0 Å². The third-order valence-corrected chi connectivity index (χ3v) is 5.70. The topological polar surface area (TPSA) is 93.0 Å². The number of esters is 1. The molecule has 8 heteroatoms. The number of anilines is 1. The molecule has 1 aliphatic rings. The second-order valence-corrected chi connectivity index (χ2v) is 7.57. The van der Waals surface area contributed by atoms with E-state index >= 15 is 0 Å². The van der Waals surface area contributed by atoms with E-state index in [0.717, 1.165) is 36.7 Å². The number of rotatable bonds is 8. The number of nitrogens with zero attached hydrogens (tertiary/aromatic N) is 2. The molecule has 1 atom stereocenters. The largest absolute Gasteiger partial charge is 0.497 e. The average molecular weight is 418 g/mol. The number of aliphatic hydroxyl groups excluding tert-OH is 1. The van der Waals surface area contributed by atoms with Gasteiger partial charge < -0.3 is 24.5 Å². The van der Waals surface area contributed by atoms with Crippen molar-refractivity contribution in [1.29, 1.82) is 0 Å². The molecule has 2 N–H and O–H groups in total. The number of fused-ring (bicyclic) bond motifs is 1. The Kier molecular flexibility index (Phi) is 7.33.